The Balaban J connectivity index is 1.44. The molecule has 0 aromatic heterocycles. The quantitative estimate of drug-likeness (QED) is 0.519. The van der Waals surface area contributed by atoms with Gasteiger partial charge in [0.05, 0.1) is 6.04 Å². The summed E-state index contributed by atoms with van der Waals surface area (Å²) in [4.78, 5) is 12.1. The molecule has 3 nitrogen and oxygen atoms in total. The molecule has 0 aromatic carbocycles. The Morgan fingerprint density at radius 2 is 1.86 bits per heavy atom. The van der Waals surface area contributed by atoms with Gasteiger partial charge >= 0.3 is 0 Å². The third-order valence-electron chi connectivity index (χ3n) is 10.5. The fraction of sp³-hybridized carbons (Fsp3) is 0.885. The smallest absolute Gasteiger partial charge is 0.137 e. The van der Waals surface area contributed by atoms with Gasteiger partial charge in [0.2, 0.25) is 0 Å². The molecule has 0 spiro atoms. The lowest BCUT2D eigenvalue weighted by Gasteiger charge is -2.39. The van der Waals surface area contributed by atoms with E-state index in [1.165, 1.54) is 63.4 Å². The zero-order valence-electron chi connectivity index (χ0n) is 18.1. The maximum Gasteiger partial charge on any atom is 0.137 e. The average Bonchev–Trinajstić information content (AvgIpc) is 3.08. The molecule has 3 N–H and O–H groups in total. The van der Waals surface area contributed by atoms with Crippen molar-refractivity contribution in [1.29, 1.82) is 0 Å². The molecule has 5 aliphatic rings. The standard InChI is InChI=1S/C26H41NO2/c1-16-9-10-23-25(22-13-19(12-21(16)22)18-6-2-3-7-18)26(23,24(27)15-29)20-8-4-5-17(11-20)14-28/h15,17-25,28H,1-14,27H2. The molecule has 0 saturated heterocycles. The molecule has 0 aliphatic heterocycles. The van der Waals surface area contributed by atoms with Crippen LogP contribution in [-0.2, 0) is 4.79 Å². The molecular formula is C26H41NO2. The molecule has 29 heavy (non-hydrogen) atoms. The molecule has 162 valence electrons. The highest BCUT2D eigenvalue weighted by Crippen LogP contribution is 2.76. The third-order valence-corrected chi connectivity index (χ3v) is 10.5. The van der Waals surface area contributed by atoms with Crippen molar-refractivity contribution in [1.82, 2.24) is 0 Å². The molecule has 5 aliphatic carbocycles. The number of aliphatic hydroxyl groups excluding tert-OH is 1. The van der Waals surface area contributed by atoms with Crippen LogP contribution in [0.1, 0.15) is 77.0 Å². The van der Waals surface area contributed by atoms with Gasteiger partial charge in [0, 0.05) is 12.0 Å². The predicted molar refractivity (Wildman–Crippen MR) is 116 cm³/mol. The van der Waals surface area contributed by atoms with Crippen LogP contribution < -0.4 is 5.73 Å². The summed E-state index contributed by atoms with van der Waals surface area (Å²) in [5, 5.41) is 9.82. The summed E-state index contributed by atoms with van der Waals surface area (Å²) in [6.07, 6.45) is 16.4. The Labute approximate surface area is 176 Å². The van der Waals surface area contributed by atoms with Gasteiger partial charge in [-0.05, 0) is 92.3 Å². The molecule has 3 heteroatoms. The fourth-order valence-electron chi connectivity index (χ4n) is 9.30. The predicted octanol–water partition coefficient (Wildman–Crippen LogP) is 4.73. The minimum absolute atomic E-state index is 0.0176. The van der Waals surface area contributed by atoms with E-state index in [4.69, 9.17) is 5.73 Å². The number of carbonyl (C=O) groups excluding carboxylic acids is 1. The number of carbonyl (C=O) groups is 1. The summed E-state index contributed by atoms with van der Waals surface area (Å²) in [6.45, 7) is 4.85. The van der Waals surface area contributed by atoms with E-state index in [-0.39, 0.29) is 11.5 Å². The van der Waals surface area contributed by atoms with Gasteiger partial charge in [-0.2, -0.15) is 0 Å². The molecule has 5 fully saturated rings. The van der Waals surface area contributed by atoms with Crippen molar-refractivity contribution < 1.29 is 9.90 Å². The lowest BCUT2D eigenvalue weighted by atomic mass is 9.66. The summed E-state index contributed by atoms with van der Waals surface area (Å²) in [7, 11) is 0. The fourth-order valence-corrected chi connectivity index (χ4v) is 9.30. The molecule has 5 saturated carbocycles. The normalized spacial score (nSPS) is 48.6. The number of aliphatic hydroxyl groups is 1. The van der Waals surface area contributed by atoms with E-state index < -0.39 is 0 Å². The molecule has 0 amide bonds. The Kier molecular flexibility index (Phi) is 5.44. The number of rotatable bonds is 5. The first-order valence-electron chi connectivity index (χ1n) is 12.6. The van der Waals surface area contributed by atoms with Crippen molar-refractivity contribution in [3.63, 3.8) is 0 Å². The van der Waals surface area contributed by atoms with Crippen molar-refractivity contribution in [2.75, 3.05) is 6.61 Å². The van der Waals surface area contributed by atoms with E-state index in [1.54, 1.807) is 0 Å². The number of nitrogens with two attached hydrogens (primary N) is 1. The molecule has 0 heterocycles. The highest BCUT2D eigenvalue weighted by Gasteiger charge is 2.73. The summed E-state index contributed by atoms with van der Waals surface area (Å²) in [5.74, 6) is 5.38. The summed E-state index contributed by atoms with van der Waals surface area (Å²) >= 11 is 0. The minimum Gasteiger partial charge on any atom is -0.396 e. The van der Waals surface area contributed by atoms with E-state index >= 15 is 0 Å². The number of hydrogen-bond acceptors (Lipinski definition) is 3. The van der Waals surface area contributed by atoms with E-state index in [1.807, 2.05) is 0 Å². The monoisotopic (exact) mass is 399 g/mol. The molecular weight excluding hydrogens is 358 g/mol. The Hall–Kier alpha value is -0.670. The largest absolute Gasteiger partial charge is 0.396 e. The van der Waals surface area contributed by atoms with Crippen LogP contribution in [0.5, 0.6) is 0 Å². The van der Waals surface area contributed by atoms with Crippen LogP contribution in [0, 0.1) is 52.8 Å². The summed E-state index contributed by atoms with van der Waals surface area (Å²) < 4.78 is 0. The number of allylic oxidation sites excluding steroid dienone is 1. The van der Waals surface area contributed by atoms with Crippen LogP contribution in [0.4, 0.5) is 0 Å². The molecule has 0 bridgehead atoms. The van der Waals surface area contributed by atoms with Gasteiger partial charge in [0.15, 0.2) is 0 Å². The maximum absolute atomic E-state index is 12.1. The van der Waals surface area contributed by atoms with Crippen molar-refractivity contribution in [2.24, 2.45) is 58.5 Å². The molecule has 5 rings (SSSR count). The summed E-state index contributed by atoms with van der Waals surface area (Å²) in [5.41, 5.74) is 8.19. The van der Waals surface area contributed by atoms with Crippen molar-refractivity contribution in [3.05, 3.63) is 12.2 Å². The zero-order valence-corrected chi connectivity index (χ0v) is 18.1. The maximum atomic E-state index is 12.1. The van der Waals surface area contributed by atoms with Crippen molar-refractivity contribution >= 4 is 6.29 Å². The highest BCUT2D eigenvalue weighted by atomic mass is 16.3. The molecule has 0 radical (unpaired) electrons. The van der Waals surface area contributed by atoms with Gasteiger partial charge in [0.1, 0.15) is 6.29 Å². The van der Waals surface area contributed by atoms with E-state index in [0.29, 0.717) is 42.1 Å². The second-order valence-electron chi connectivity index (χ2n) is 11.4. The summed E-state index contributed by atoms with van der Waals surface area (Å²) in [6, 6.07) is -0.322. The van der Waals surface area contributed by atoms with Crippen LogP contribution in [0.25, 0.3) is 0 Å². The first-order chi connectivity index (χ1) is 14.1. The second-order valence-corrected chi connectivity index (χ2v) is 11.4. The van der Waals surface area contributed by atoms with E-state index in [9.17, 15) is 9.90 Å². The van der Waals surface area contributed by atoms with Crippen LogP contribution in [0.3, 0.4) is 0 Å². The van der Waals surface area contributed by atoms with Gasteiger partial charge < -0.3 is 15.6 Å². The van der Waals surface area contributed by atoms with Gasteiger partial charge in [-0.25, -0.2) is 0 Å². The van der Waals surface area contributed by atoms with Crippen LogP contribution in [0.15, 0.2) is 12.2 Å². The zero-order chi connectivity index (χ0) is 20.2. The number of hydrogen-bond donors (Lipinski definition) is 2. The van der Waals surface area contributed by atoms with Crippen molar-refractivity contribution in [2.45, 2.75) is 83.1 Å². The first kappa shape index (κ1) is 20.2. The molecule has 0 aromatic rings. The third kappa shape index (κ3) is 3.09. The van der Waals surface area contributed by atoms with E-state index in [0.717, 1.165) is 37.4 Å². The number of aldehydes is 1. The SMILES string of the molecule is C=C1CCC2C(C3CC(C4CCCC4)CC13)C2(C(N)C=O)C1CCCC(CO)C1. The van der Waals surface area contributed by atoms with Gasteiger partial charge in [-0.15, -0.1) is 0 Å². The van der Waals surface area contributed by atoms with Crippen LogP contribution >= 0.6 is 0 Å². The second kappa shape index (κ2) is 7.79. The molecule has 9 unspecified atom stereocenters. The topological polar surface area (TPSA) is 63.3 Å². The lowest BCUT2D eigenvalue weighted by molar-refractivity contribution is -0.111. The Bertz CT molecular complexity index is 641. The minimum atomic E-state index is -0.322. The van der Waals surface area contributed by atoms with Crippen molar-refractivity contribution in [3.8, 4) is 0 Å². The van der Waals surface area contributed by atoms with Gasteiger partial charge in [-0.1, -0.05) is 44.3 Å². The highest BCUT2D eigenvalue weighted by molar-refractivity contribution is 5.61. The first-order valence-corrected chi connectivity index (χ1v) is 12.6. The van der Waals surface area contributed by atoms with E-state index in [2.05, 4.69) is 6.58 Å². The van der Waals surface area contributed by atoms with Crippen LogP contribution in [0.2, 0.25) is 0 Å². The number of fused-ring (bicyclic) bond motifs is 3. The van der Waals surface area contributed by atoms with Crippen LogP contribution in [-0.4, -0.2) is 24.0 Å². The average molecular weight is 400 g/mol. The molecule has 9 atom stereocenters. The lowest BCUT2D eigenvalue weighted by Crippen LogP contribution is -2.44. The van der Waals surface area contributed by atoms with Gasteiger partial charge in [0.25, 0.3) is 0 Å². The van der Waals surface area contributed by atoms with Gasteiger partial charge in [-0.3, -0.25) is 0 Å². The Morgan fingerprint density at radius 1 is 1.07 bits per heavy atom. The Morgan fingerprint density at radius 3 is 2.59 bits per heavy atom.